The highest BCUT2D eigenvalue weighted by Crippen LogP contribution is 2.21. The van der Waals surface area contributed by atoms with Crippen molar-refractivity contribution in [3.05, 3.63) is 21.9 Å². The van der Waals surface area contributed by atoms with Crippen LogP contribution in [0.15, 0.2) is 12.1 Å². The minimum atomic E-state index is -2.88. The van der Waals surface area contributed by atoms with Crippen LogP contribution in [0.1, 0.15) is 60.0 Å². The van der Waals surface area contributed by atoms with Gasteiger partial charge in [-0.05, 0) is 25.0 Å². The maximum atomic E-state index is 12.2. The monoisotopic (exact) mass is 274 g/mol. The van der Waals surface area contributed by atoms with Crippen LogP contribution < -0.4 is 0 Å². The summed E-state index contributed by atoms with van der Waals surface area (Å²) in [5, 5.41) is 0. The minimum absolute atomic E-state index is 0.186. The summed E-state index contributed by atoms with van der Waals surface area (Å²) < 4.78 is 24.4. The third-order valence-corrected chi connectivity index (χ3v) is 4.04. The second kappa shape index (κ2) is 8.35. The number of hydrogen-bond acceptors (Lipinski definition) is 2. The standard InChI is InChI=1S/C14H20F2OS/c1-2-3-4-5-6-7-8-11-9-10-12(18-11)13(17)14(15)16/h9-10,14H,2-8H2,1H3. The van der Waals surface area contributed by atoms with E-state index in [0.29, 0.717) is 0 Å². The average molecular weight is 274 g/mol. The number of alkyl halides is 2. The Labute approximate surface area is 111 Å². The van der Waals surface area contributed by atoms with Crippen LogP contribution in [0.2, 0.25) is 0 Å². The molecule has 0 bridgehead atoms. The molecule has 0 aromatic carbocycles. The number of unbranched alkanes of at least 4 members (excludes halogenated alkanes) is 5. The number of aryl methyl sites for hydroxylation is 1. The third-order valence-electron chi connectivity index (χ3n) is 2.88. The molecular weight excluding hydrogens is 254 g/mol. The van der Waals surface area contributed by atoms with Crippen LogP contribution in [-0.4, -0.2) is 12.2 Å². The quantitative estimate of drug-likeness (QED) is 0.452. The van der Waals surface area contributed by atoms with Crippen molar-refractivity contribution in [1.29, 1.82) is 0 Å². The van der Waals surface area contributed by atoms with E-state index in [1.165, 1.54) is 49.5 Å². The molecule has 1 heterocycles. The van der Waals surface area contributed by atoms with E-state index < -0.39 is 12.2 Å². The third kappa shape index (κ3) is 5.25. The molecule has 1 rings (SSSR count). The van der Waals surface area contributed by atoms with E-state index in [-0.39, 0.29) is 4.88 Å². The fourth-order valence-corrected chi connectivity index (χ4v) is 2.82. The van der Waals surface area contributed by atoms with Gasteiger partial charge in [0.05, 0.1) is 4.88 Å². The van der Waals surface area contributed by atoms with Crippen molar-refractivity contribution < 1.29 is 13.6 Å². The van der Waals surface area contributed by atoms with Crippen LogP contribution in [0.25, 0.3) is 0 Å². The largest absolute Gasteiger partial charge is 0.301 e. The molecule has 0 saturated heterocycles. The second-order valence-electron chi connectivity index (χ2n) is 4.45. The zero-order valence-electron chi connectivity index (χ0n) is 10.8. The summed E-state index contributed by atoms with van der Waals surface area (Å²) in [4.78, 5) is 12.3. The molecule has 0 aliphatic heterocycles. The van der Waals surface area contributed by atoms with Gasteiger partial charge in [0, 0.05) is 4.88 Å². The van der Waals surface area contributed by atoms with Crippen molar-refractivity contribution in [2.45, 2.75) is 58.3 Å². The molecule has 0 radical (unpaired) electrons. The van der Waals surface area contributed by atoms with Gasteiger partial charge in [-0.2, -0.15) is 0 Å². The lowest BCUT2D eigenvalue weighted by molar-refractivity contribution is 0.0683. The lowest BCUT2D eigenvalue weighted by atomic mass is 10.1. The molecule has 102 valence electrons. The summed E-state index contributed by atoms with van der Waals surface area (Å²) in [5.74, 6) is -1.05. The minimum Gasteiger partial charge on any atom is -0.287 e. The molecule has 0 saturated carbocycles. The summed E-state index contributed by atoms with van der Waals surface area (Å²) in [6, 6.07) is 3.32. The number of Topliss-reactive ketones (excluding diaryl/α,β-unsaturated/α-hetero) is 1. The van der Waals surface area contributed by atoms with Gasteiger partial charge in [0.15, 0.2) is 0 Å². The van der Waals surface area contributed by atoms with Gasteiger partial charge in [-0.1, -0.05) is 39.0 Å². The second-order valence-corrected chi connectivity index (χ2v) is 5.62. The van der Waals surface area contributed by atoms with Crippen molar-refractivity contribution in [2.24, 2.45) is 0 Å². The van der Waals surface area contributed by atoms with Gasteiger partial charge in [-0.3, -0.25) is 4.79 Å². The van der Waals surface area contributed by atoms with Crippen molar-refractivity contribution >= 4 is 17.1 Å². The van der Waals surface area contributed by atoms with Gasteiger partial charge in [0.25, 0.3) is 0 Å². The van der Waals surface area contributed by atoms with Gasteiger partial charge >= 0.3 is 6.43 Å². The number of rotatable bonds is 9. The maximum Gasteiger partial charge on any atom is 0.301 e. The molecule has 0 unspecified atom stereocenters. The van der Waals surface area contributed by atoms with Gasteiger partial charge in [0.2, 0.25) is 5.78 Å². The molecule has 1 aromatic heterocycles. The first-order valence-electron chi connectivity index (χ1n) is 6.56. The maximum absolute atomic E-state index is 12.2. The van der Waals surface area contributed by atoms with Crippen LogP contribution in [0.3, 0.4) is 0 Å². The lowest BCUT2D eigenvalue weighted by Gasteiger charge is -1.99. The lowest BCUT2D eigenvalue weighted by Crippen LogP contribution is -2.07. The van der Waals surface area contributed by atoms with Crippen molar-refractivity contribution in [2.75, 3.05) is 0 Å². The van der Waals surface area contributed by atoms with E-state index in [2.05, 4.69) is 6.92 Å². The first-order valence-corrected chi connectivity index (χ1v) is 7.38. The predicted molar refractivity (Wildman–Crippen MR) is 71.7 cm³/mol. The zero-order chi connectivity index (χ0) is 13.4. The Hall–Kier alpha value is -0.770. The van der Waals surface area contributed by atoms with E-state index in [1.54, 1.807) is 6.07 Å². The number of carbonyl (C=O) groups is 1. The summed E-state index contributed by atoms with van der Waals surface area (Å²) in [6.45, 7) is 2.19. The molecule has 18 heavy (non-hydrogen) atoms. The van der Waals surface area contributed by atoms with E-state index in [1.807, 2.05) is 0 Å². The normalized spacial score (nSPS) is 11.1. The molecule has 0 N–H and O–H groups in total. The highest BCUT2D eigenvalue weighted by molar-refractivity contribution is 7.14. The van der Waals surface area contributed by atoms with Crippen LogP contribution >= 0.6 is 11.3 Å². The molecule has 1 nitrogen and oxygen atoms in total. The van der Waals surface area contributed by atoms with E-state index >= 15 is 0 Å². The van der Waals surface area contributed by atoms with Crippen molar-refractivity contribution in [3.8, 4) is 0 Å². The number of ketones is 1. The van der Waals surface area contributed by atoms with Crippen LogP contribution in [0, 0.1) is 0 Å². The summed E-state index contributed by atoms with van der Waals surface area (Å²) in [5.41, 5.74) is 0. The summed E-state index contributed by atoms with van der Waals surface area (Å²) in [7, 11) is 0. The number of thiophene rings is 1. The van der Waals surface area contributed by atoms with Crippen LogP contribution in [-0.2, 0) is 6.42 Å². The SMILES string of the molecule is CCCCCCCCc1ccc(C(=O)C(F)F)s1. The van der Waals surface area contributed by atoms with Gasteiger partial charge in [-0.15, -0.1) is 11.3 Å². The molecule has 0 aliphatic carbocycles. The molecule has 0 amide bonds. The Morgan fingerprint density at radius 2 is 1.83 bits per heavy atom. The van der Waals surface area contributed by atoms with E-state index in [0.717, 1.165) is 17.7 Å². The molecule has 0 fully saturated rings. The Morgan fingerprint density at radius 1 is 1.17 bits per heavy atom. The molecule has 4 heteroatoms. The first-order chi connectivity index (χ1) is 8.65. The number of carbonyl (C=O) groups excluding carboxylic acids is 1. The smallest absolute Gasteiger partial charge is 0.287 e. The molecular formula is C14H20F2OS. The van der Waals surface area contributed by atoms with E-state index in [4.69, 9.17) is 0 Å². The highest BCUT2D eigenvalue weighted by Gasteiger charge is 2.19. The Balaban J connectivity index is 2.25. The molecule has 1 aromatic rings. The Morgan fingerprint density at radius 3 is 2.50 bits per heavy atom. The highest BCUT2D eigenvalue weighted by atomic mass is 32.1. The number of halogens is 2. The fourth-order valence-electron chi connectivity index (χ4n) is 1.83. The van der Waals surface area contributed by atoms with Gasteiger partial charge in [-0.25, -0.2) is 8.78 Å². The average Bonchev–Trinajstić information content (AvgIpc) is 2.81. The van der Waals surface area contributed by atoms with Gasteiger partial charge < -0.3 is 0 Å². The van der Waals surface area contributed by atoms with Crippen molar-refractivity contribution in [3.63, 3.8) is 0 Å². The fraction of sp³-hybridized carbons (Fsp3) is 0.643. The predicted octanol–water partition coefficient (Wildman–Crippen LogP) is 5.10. The summed E-state index contributed by atoms with van der Waals surface area (Å²) in [6.07, 6.45) is 5.30. The molecule has 0 atom stereocenters. The van der Waals surface area contributed by atoms with Gasteiger partial charge in [0.1, 0.15) is 0 Å². The Bertz CT molecular complexity index is 360. The van der Waals surface area contributed by atoms with Crippen LogP contribution in [0.4, 0.5) is 8.78 Å². The summed E-state index contributed by atoms with van der Waals surface area (Å²) >= 11 is 1.21. The topological polar surface area (TPSA) is 17.1 Å². The number of hydrogen-bond donors (Lipinski definition) is 0. The Kier molecular flexibility index (Phi) is 7.09. The molecule has 0 spiro atoms. The zero-order valence-corrected chi connectivity index (χ0v) is 11.6. The van der Waals surface area contributed by atoms with E-state index in [9.17, 15) is 13.6 Å². The molecule has 0 aliphatic rings. The van der Waals surface area contributed by atoms with Crippen molar-refractivity contribution in [1.82, 2.24) is 0 Å². The van der Waals surface area contributed by atoms with Crippen LogP contribution in [0.5, 0.6) is 0 Å². The first kappa shape index (κ1) is 15.3.